The minimum absolute atomic E-state index is 0.0893. The summed E-state index contributed by atoms with van der Waals surface area (Å²) < 4.78 is 16.1. The van der Waals surface area contributed by atoms with Crippen molar-refractivity contribution in [2.75, 3.05) is 13.1 Å². The van der Waals surface area contributed by atoms with Crippen molar-refractivity contribution in [1.29, 1.82) is 0 Å². The Labute approximate surface area is 89.7 Å². The van der Waals surface area contributed by atoms with Crippen molar-refractivity contribution in [1.82, 2.24) is 14.9 Å². The predicted molar refractivity (Wildman–Crippen MR) is 57.3 cm³/mol. The summed E-state index contributed by atoms with van der Waals surface area (Å²) in [5.74, 6) is 0.678. The summed E-state index contributed by atoms with van der Waals surface area (Å²) in [4.78, 5) is 4.12. The number of imidazole rings is 1. The minimum atomic E-state index is -0.923. The van der Waals surface area contributed by atoms with Gasteiger partial charge in [-0.1, -0.05) is 0 Å². The summed E-state index contributed by atoms with van der Waals surface area (Å²) in [6.45, 7) is 4.59. The van der Waals surface area contributed by atoms with Gasteiger partial charge >= 0.3 is 0 Å². The fraction of sp³-hybridized carbons (Fsp3) is 0.727. The zero-order valence-corrected chi connectivity index (χ0v) is 9.12. The zero-order chi connectivity index (χ0) is 10.7. The molecule has 1 aromatic heterocycles. The minimum Gasteiger partial charge on any atom is -0.333 e. The maximum absolute atomic E-state index is 14.2. The van der Waals surface area contributed by atoms with Crippen LogP contribution >= 0.6 is 0 Å². The van der Waals surface area contributed by atoms with Gasteiger partial charge in [-0.2, -0.15) is 0 Å². The highest BCUT2D eigenvalue weighted by molar-refractivity contribution is 4.99. The molecule has 2 heterocycles. The van der Waals surface area contributed by atoms with E-state index >= 15 is 0 Å². The second kappa shape index (κ2) is 4.75. The lowest BCUT2D eigenvalue weighted by Crippen LogP contribution is -2.32. The van der Waals surface area contributed by atoms with Crippen LogP contribution in [0.4, 0.5) is 4.39 Å². The molecule has 4 heteroatoms. The van der Waals surface area contributed by atoms with Crippen LogP contribution in [0.5, 0.6) is 0 Å². The smallest absolute Gasteiger partial charge is 0.162 e. The molecule has 1 fully saturated rings. The highest BCUT2D eigenvalue weighted by Gasteiger charge is 2.27. The summed E-state index contributed by atoms with van der Waals surface area (Å²) in [7, 11) is 0. The van der Waals surface area contributed by atoms with E-state index in [-0.39, 0.29) is 5.92 Å². The molecule has 0 bridgehead atoms. The van der Waals surface area contributed by atoms with Crippen molar-refractivity contribution in [3.8, 4) is 0 Å². The van der Waals surface area contributed by atoms with Crippen LogP contribution in [0.15, 0.2) is 12.4 Å². The van der Waals surface area contributed by atoms with E-state index in [1.807, 2.05) is 17.7 Å². The second-order valence-corrected chi connectivity index (χ2v) is 4.08. The van der Waals surface area contributed by atoms with Gasteiger partial charge in [-0.25, -0.2) is 9.37 Å². The Morgan fingerprint density at radius 2 is 2.60 bits per heavy atom. The number of halogens is 1. The molecule has 1 aliphatic rings. The monoisotopic (exact) mass is 211 g/mol. The molecule has 2 atom stereocenters. The van der Waals surface area contributed by atoms with E-state index in [0.29, 0.717) is 5.82 Å². The van der Waals surface area contributed by atoms with Crippen LogP contribution in [-0.2, 0) is 6.54 Å². The summed E-state index contributed by atoms with van der Waals surface area (Å²) >= 11 is 0. The number of nitrogens with zero attached hydrogens (tertiary/aromatic N) is 2. The van der Waals surface area contributed by atoms with Crippen LogP contribution in [0.1, 0.15) is 31.8 Å². The van der Waals surface area contributed by atoms with Gasteiger partial charge in [0, 0.05) is 31.4 Å². The van der Waals surface area contributed by atoms with Crippen molar-refractivity contribution >= 4 is 0 Å². The SMILES string of the molecule is CCn1ccnc1C(F)C1CCCNC1. The van der Waals surface area contributed by atoms with Crippen LogP contribution in [0, 0.1) is 5.92 Å². The van der Waals surface area contributed by atoms with Crippen LogP contribution in [0.25, 0.3) is 0 Å². The van der Waals surface area contributed by atoms with Gasteiger partial charge in [0.2, 0.25) is 0 Å². The number of hydrogen-bond donors (Lipinski definition) is 1. The third-order valence-corrected chi connectivity index (χ3v) is 3.08. The standard InChI is InChI=1S/C11H18FN3/c1-2-15-7-6-14-11(15)10(12)9-4-3-5-13-8-9/h6-7,9-10,13H,2-5,8H2,1H3. The molecule has 0 aromatic carbocycles. The first-order chi connectivity index (χ1) is 7.33. The maximum atomic E-state index is 14.2. The van der Waals surface area contributed by atoms with Crippen molar-refractivity contribution in [3.05, 3.63) is 18.2 Å². The molecular formula is C11H18FN3. The van der Waals surface area contributed by atoms with Crippen molar-refractivity contribution < 1.29 is 4.39 Å². The van der Waals surface area contributed by atoms with Gasteiger partial charge in [0.25, 0.3) is 0 Å². The average Bonchev–Trinajstić information content (AvgIpc) is 2.77. The molecule has 2 rings (SSSR count). The molecule has 84 valence electrons. The Bertz CT molecular complexity index is 305. The molecule has 1 saturated heterocycles. The van der Waals surface area contributed by atoms with Gasteiger partial charge in [-0.05, 0) is 26.3 Å². The largest absolute Gasteiger partial charge is 0.333 e. The molecule has 1 aliphatic heterocycles. The van der Waals surface area contributed by atoms with Crippen molar-refractivity contribution in [3.63, 3.8) is 0 Å². The predicted octanol–water partition coefficient (Wildman–Crippen LogP) is 1.91. The van der Waals surface area contributed by atoms with Gasteiger partial charge in [-0.15, -0.1) is 0 Å². The highest BCUT2D eigenvalue weighted by atomic mass is 19.1. The van der Waals surface area contributed by atoms with Gasteiger partial charge in [0.1, 0.15) is 5.82 Å². The zero-order valence-electron chi connectivity index (χ0n) is 9.12. The normalized spacial score (nSPS) is 24.0. The number of nitrogens with one attached hydrogen (secondary N) is 1. The Morgan fingerprint density at radius 3 is 3.27 bits per heavy atom. The second-order valence-electron chi connectivity index (χ2n) is 4.08. The number of rotatable bonds is 3. The molecule has 1 aromatic rings. The highest BCUT2D eigenvalue weighted by Crippen LogP contribution is 2.29. The molecule has 0 amide bonds. The molecule has 0 aliphatic carbocycles. The Hall–Kier alpha value is -0.900. The summed E-state index contributed by atoms with van der Waals surface area (Å²) in [5, 5.41) is 3.24. The number of alkyl halides is 1. The van der Waals surface area contributed by atoms with Gasteiger partial charge in [0.05, 0.1) is 0 Å². The Balaban J connectivity index is 2.08. The quantitative estimate of drug-likeness (QED) is 0.827. The molecule has 1 N–H and O–H groups in total. The van der Waals surface area contributed by atoms with Crippen LogP contribution in [0.3, 0.4) is 0 Å². The molecular weight excluding hydrogens is 193 g/mol. The van der Waals surface area contributed by atoms with Crippen LogP contribution in [-0.4, -0.2) is 22.6 Å². The Morgan fingerprint density at radius 1 is 1.73 bits per heavy atom. The van der Waals surface area contributed by atoms with E-state index < -0.39 is 6.17 Å². The maximum Gasteiger partial charge on any atom is 0.162 e. The van der Waals surface area contributed by atoms with E-state index in [1.54, 1.807) is 6.20 Å². The van der Waals surface area contributed by atoms with Crippen LogP contribution in [0.2, 0.25) is 0 Å². The molecule has 3 nitrogen and oxygen atoms in total. The van der Waals surface area contributed by atoms with E-state index in [4.69, 9.17) is 0 Å². The number of aromatic nitrogens is 2. The first kappa shape index (κ1) is 10.6. The molecule has 0 spiro atoms. The topological polar surface area (TPSA) is 29.9 Å². The molecule has 0 saturated carbocycles. The van der Waals surface area contributed by atoms with Gasteiger partial charge < -0.3 is 9.88 Å². The molecule has 2 unspecified atom stereocenters. The number of hydrogen-bond acceptors (Lipinski definition) is 2. The van der Waals surface area contributed by atoms with Crippen molar-refractivity contribution in [2.45, 2.75) is 32.5 Å². The fourth-order valence-corrected chi connectivity index (χ4v) is 2.18. The third kappa shape index (κ3) is 2.20. The third-order valence-electron chi connectivity index (χ3n) is 3.08. The van der Waals surface area contributed by atoms with E-state index in [9.17, 15) is 4.39 Å². The van der Waals surface area contributed by atoms with E-state index in [1.165, 1.54) is 0 Å². The summed E-state index contributed by atoms with van der Waals surface area (Å²) in [5.41, 5.74) is 0. The van der Waals surface area contributed by atoms with Gasteiger partial charge in [0.15, 0.2) is 6.17 Å². The lowest BCUT2D eigenvalue weighted by molar-refractivity contribution is 0.181. The Kier molecular flexibility index (Phi) is 3.36. The number of aryl methyl sites for hydroxylation is 1. The first-order valence-corrected chi connectivity index (χ1v) is 5.68. The summed E-state index contributed by atoms with van der Waals surface area (Å²) in [6.07, 6.45) is 4.63. The first-order valence-electron chi connectivity index (χ1n) is 5.68. The fourth-order valence-electron chi connectivity index (χ4n) is 2.18. The lowest BCUT2D eigenvalue weighted by atomic mass is 9.94. The van der Waals surface area contributed by atoms with Crippen molar-refractivity contribution in [2.24, 2.45) is 5.92 Å². The molecule has 0 radical (unpaired) electrons. The van der Waals surface area contributed by atoms with E-state index in [2.05, 4.69) is 10.3 Å². The van der Waals surface area contributed by atoms with Crippen LogP contribution < -0.4 is 5.32 Å². The van der Waals surface area contributed by atoms with E-state index in [0.717, 1.165) is 32.5 Å². The molecule has 15 heavy (non-hydrogen) atoms. The lowest BCUT2D eigenvalue weighted by Gasteiger charge is -2.25. The summed E-state index contributed by atoms with van der Waals surface area (Å²) in [6, 6.07) is 0. The number of piperidine rings is 1. The van der Waals surface area contributed by atoms with Gasteiger partial charge in [-0.3, -0.25) is 0 Å². The average molecular weight is 211 g/mol.